The molecule has 0 spiro atoms. The Labute approximate surface area is 144 Å². The molecule has 1 N–H and O–H groups in total. The molecule has 0 unspecified atom stereocenters. The van der Waals surface area contributed by atoms with Gasteiger partial charge in [-0.25, -0.2) is 4.79 Å². The van der Waals surface area contributed by atoms with Gasteiger partial charge in [-0.3, -0.25) is 4.79 Å². The summed E-state index contributed by atoms with van der Waals surface area (Å²) in [5, 5.41) is 5.25. The van der Waals surface area contributed by atoms with E-state index in [1.54, 1.807) is 19.1 Å². The molecular formula is C19H17NO3S. The lowest BCUT2D eigenvalue weighted by molar-refractivity contribution is 0.0528. The highest BCUT2D eigenvalue weighted by Crippen LogP contribution is 2.29. The Kier molecular flexibility index (Phi) is 4.62. The predicted molar refractivity (Wildman–Crippen MR) is 96.9 cm³/mol. The number of hydrogen-bond acceptors (Lipinski definition) is 4. The average Bonchev–Trinajstić information content (AvgIpc) is 2.95. The first-order valence-corrected chi connectivity index (χ1v) is 8.48. The van der Waals surface area contributed by atoms with E-state index in [2.05, 4.69) is 5.32 Å². The van der Waals surface area contributed by atoms with Crippen molar-refractivity contribution in [2.24, 2.45) is 0 Å². The Morgan fingerprint density at radius 1 is 1.08 bits per heavy atom. The van der Waals surface area contributed by atoms with E-state index in [4.69, 9.17) is 4.74 Å². The second-order valence-corrected chi connectivity index (χ2v) is 6.56. The fraction of sp³-hybridized carbons (Fsp3) is 0.158. The van der Waals surface area contributed by atoms with Gasteiger partial charge in [-0.2, -0.15) is 0 Å². The van der Waals surface area contributed by atoms with E-state index in [-0.39, 0.29) is 5.91 Å². The van der Waals surface area contributed by atoms with E-state index >= 15 is 0 Å². The summed E-state index contributed by atoms with van der Waals surface area (Å²) in [7, 11) is 0. The molecule has 122 valence electrons. The summed E-state index contributed by atoms with van der Waals surface area (Å²) in [6, 6.07) is 15.0. The van der Waals surface area contributed by atoms with Gasteiger partial charge in [0.15, 0.2) is 0 Å². The highest BCUT2D eigenvalue weighted by molar-refractivity contribution is 7.16. The number of esters is 1. The van der Waals surface area contributed by atoms with Crippen LogP contribution in [-0.4, -0.2) is 18.5 Å². The van der Waals surface area contributed by atoms with Gasteiger partial charge in [0, 0.05) is 10.4 Å². The largest absolute Gasteiger partial charge is 0.462 e. The van der Waals surface area contributed by atoms with Crippen molar-refractivity contribution in [2.75, 3.05) is 11.9 Å². The number of rotatable bonds is 4. The second kappa shape index (κ2) is 6.84. The molecule has 0 aliphatic carbocycles. The molecule has 0 fully saturated rings. The van der Waals surface area contributed by atoms with E-state index in [0.717, 1.165) is 15.6 Å². The molecular weight excluding hydrogens is 322 g/mol. The summed E-state index contributed by atoms with van der Waals surface area (Å²) in [5.41, 5.74) is 0.974. The van der Waals surface area contributed by atoms with Crippen molar-refractivity contribution in [1.29, 1.82) is 0 Å². The topological polar surface area (TPSA) is 55.4 Å². The fourth-order valence-electron chi connectivity index (χ4n) is 2.56. The molecule has 3 rings (SSSR count). The number of amides is 1. The van der Waals surface area contributed by atoms with Crippen molar-refractivity contribution in [3.05, 3.63) is 64.5 Å². The van der Waals surface area contributed by atoms with Crippen molar-refractivity contribution in [3.63, 3.8) is 0 Å². The first-order chi connectivity index (χ1) is 11.6. The number of hydrogen-bond donors (Lipinski definition) is 1. The Morgan fingerprint density at radius 2 is 1.83 bits per heavy atom. The molecule has 0 radical (unpaired) electrons. The van der Waals surface area contributed by atoms with Crippen LogP contribution in [0.3, 0.4) is 0 Å². The lowest BCUT2D eigenvalue weighted by Gasteiger charge is -2.08. The van der Waals surface area contributed by atoms with Gasteiger partial charge in [0.05, 0.1) is 12.2 Å². The Hall–Kier alpha value is -2.66. The van der Waals surface area contributed by atoms with E-state index in [0.29, 0.717) is 22.7 Å². The average molecular weight is 339 g/mol. The number of nitrogens with one attached hydrogen (secondary N) is 1. The van der Waals surface area contributed by atoms with Crippen molar-refractivity contribution in [2.45, 2.75) is 13.8 Å². The van der Waals surface area contributed by atoms with Crippen LogP contribution < -0.4 is 5.32 Å². The van der Waals surface area contributed by atoms with Gasteiger partial charge in [0.1, 0.15) is 5.00 Å². The minimum absolute atomic E-state index is 0.237. The highest BCUT2D eigenvalue weighted by Gasteiger charge is 2.19. The monoisotopic (exact) mass is 339 g/mol. The van der Waals surface area contributed by atoms with Crippen molar-refractivity contribution in [3.8, 4) is 0 Å². The van der Waals surface area contributed by atoms with Gasteiger partial charge in [-0.1, -0.05) is 36.4 Å². The third-order valence-corrected chi connectivity index (χ3v) is 4.58. The third-order valence-electron chi connectivity index (χ3n) is 3.61. The summed E-state index contributed by atoms with van der Waals surface area (Å²) in [6.45, 7) is 3.94. The Balaban J connectivity index is 1.94. The van der Waals surface area contributed by atoms with Crippen molar-refractivity contribution < 1.29 is 14.3 Å². The van der Waals surface area contributed by atoms with Crippen LogP contribution in [0, 0.1) is 6.92 Å². The summed E-state index contributed by atoms with van der Waals surface area (Å²) in [6.07, 6.45) is 0. The first kappa shape index (κ1) is 16.2. The van der Waals surface area contributed by atoms with Crippen LogP contribution in [0.25, 0.3) is 10.8 Å². The molecule has 24 heavy (non-hydrogen) atoms. The van der Waals surface area contributed by atoms with Crippen LogP contribution in [0.2, 0.25) is 0 Å². The van der Waals surface area contributed by atoms with E-state index in [1.165, 1.54) is 11.3 Å². The molecule has 5 heteroatoms. The Morgan fingerprint density at radius 3 is 2.62 bits per heavy atom. The van der Waals surface area contributed by atoms with Gasteiger partial charge < -0.3 is 10.1 Å². The highest BCUT2D eigenvalue weighted by atomic mass is 32.1. The van der Waals surface area contributed by atoms with Gasteiger partial charge >= 0.3 is 5.97 Å². The zero-order chi connectivity index (χ0) is 17.1. The maximum atomic E-state index is 12.7. The standard InChI is InChI=1S/C19H17NO3S/c1-3-23-19(22)16-11-12(2)24-18(16)20-17(21)15-10-6-8-13-7-4-5-9-14(13)15/h4-11H,3H2,1-2H3,(H,20,21). The molecule has 0 saturated heterocycles. The number of ether oxygens (including phenoxy) is 1. The van der Waals surface area contributed by atoms with E-state index < -0.39 is 5.97 Å². The number of carbonyl (C=O) groups is 2. The summed E-state index contributed by atoms with van der Waals surface area (Å²) in [5.74, 6) is -0.658. The molecule has 1 aromatic heterocycles. The van der Waals surface area contributed by atoms with Gasteiger partial charge in [0.2, 0.25) is 0 Å². The summed E-state index contributed by atoms with van der Waals surface area (Å²) in [4.78, 5) is 25.7. The van der Waals surface area contributed by atoms with Crippen LogP contribution in [-0.2, 0) is 4.74 Å². The molecule has 3 aromatic rings. The van der Waals surface area contributed by atoms with Gasteiger partial charge in [0.25, 0.3) is 5.91 Å². The maximum absolute atomic E-state index is 12.7. The summed E-state index contributed by atoms with van der Waals surface area (Å²) < 4.78 is 5.06. The second-order valence-electron chi connectivity index (χ2n) is 5.30. The quantitative estimate of drug-likeness (QED) is 0.705. The summed E-state index contributed by atoms with van der Waals surface area (Å²) >= 11 is 1.36. The van der Waals surface area contributed by atoms with Crippen molar-refractivity contribution >= 4 is 39.0 Å². The predicted octanol–water partition coefficient (Wildman–Crippen LogP) is 4.64. The number of carbonyl (C=O) groups excluding carboxylic acids is 2. The Bertz CT molecular complexity index is 909. The molecule has 0 aliphatic heterocycles. The zero-order valence-electron chi connectivity index (χ0n) is 13.5. The van der Waals surface area contributed by atoms with Crippen LogP contribution in [0.4, 0.5) is 5.00 Å². The van der Waals surface area contributed by atoms with E-state index in [9.17, 15) is 9.59 Å². The lowest BCUT2D eigenvalue weighted by Crippen LogP contribution is -2.14. The minimum Gasteiger partial charge on any atom is -0.462 e. The number of anilines is 1. The van der Waals surface area contributed by atoms with Crippen LogP contribution >= 0.6 is 11.3 Å². The number of fused-ring (bicyclic) bond motifs is 1. The van der Waals surface area contributed by atoms with Crippen molar-refractivity contribution in [1.82, 2.24) is 0 Å². The van der Waals surface area contributed by atoms with Crippen LogP contribution in [0.15, 0.2) is 48.5 Å². The molecule has 1 amide bonds. The maximum Gasteiger partial charge on any atom is 0.341 e. The van der Waals surface area contributed by atoms with Crippen LogP contribution in [0.5, 0.6) is 0 Å². The number of aryl methyl sites for hydroxylation is 1. The van der Waals surface area contributed by atoms with Gasteiger partial charge in [-0.05, 0) is 36.8 Å². The zero-order valence-corrected chi connectivity index (χ0v) is 14.3. The SMILES string of the molecule is CCOC(=O)c1cc(C)sc1NC(=O)c1cccc2ccccc12. The number of thiophene rings is 1. The molecule has 0 saturated carbocycles. The minimum atomic E-state index is -0.421. The van der Waals surface area contributed by atoms with Gasteiger partial charge in [-0.15, -0.1) is 11.3 Å². The van der Waals surface area contributed by atoms with Crippen LogP contribution in [0.1, 0.15) is 32.5 Å². The normalized spacial score (nSPS) is 10.6. The number of benzene rings is 2. The first-order valence-electron chi connectivity index (χ1n) is 7.67. The molecule has 4 nitrogen and oxygen atoms in total. The molecule has 1 heterocycles. The third kappa shape index (κ3) is 3.16. The molecule has 0 bridgehead atoms. The smallest absolute Gasteiger partial charge is 0.341 e. The van der Waals surface area contributed by atoms with E-state index in [1.807, 2.05) is 43.3 Å². The molecule has 2 aromatic carbocycles. The fourth-order valence-corrected chi connectivity index (χ4v) is 3.46. The molecule has 0 atom stereocenters. The lowest BCUT2D eigenvalue weighted by atomic mass is 10.0. The molecule has 0 aliphatic rings.